The Hall–Kier alpha value is -1.21. The molecular weight excluding hydrogens is 249 g/mol. The Labute approximate surface area is 109 Å². The summed E-state index contributed by atoms with van der Waals surface area (Å²) in [5.74, 6) is -0.282. The van der Waals surface area contributed by atoms with Gasteiger partial charge >= 0.3 is 0 Å². The van der Waals surface area contributed by atoms with Crippen LogP contribution < -0.4 is 0 Å². The van der Waals surface area contributed by atoms with Crippen LogP contribution in [0.25, 0.3) is 0 Å². The minimum absolute atomic E-state index is 0.0353. The van der Waals surface area contributed by atoms with Crippen molar-refractivity contribution >= 4 is 10.8 Å². The largest absolute Gasteiger partial charge is 0.259 e. The highest BCUT2D eigenvalue weighted by Crippen LogP contribution is 2.24. The van der Waals surface area contributed by atoms with Crippen LogP contribution in [0.5, 0.6) is 0 Å². The van der Waals surface area contributed by atoms with Crippen molar-refractivity contribution in [1.29, 1.82) is 5.26 Å². The van der Waals surface area contributed by atoms with Crippen LogP contribution in [0, 0.1) is 17.1 Å². The molecule has 0 spiro atoms. The molecular formula is C14H16FNOS. The number of rotatable bonds is 3. The summed E-state index contributed by atoms with van der Waals surface area (Å²) in [4.78, 5) is 0. The van der Waals surface area contributed by atoms with E-state index >= 15 is 0 Å². The van der Waals surface area contributed by atoms with Gasteiger partial charge in [0, 0.05) is 21.6 Å². The Morgan fingerprint density at radius 3 is 2.72 bits per heavy atom. The van der Waals surface area contributed by atoms with Crippen molar-refractivity contribution in [3.63, 3.8) is 0 Å². The maximum absolute atomic E-state index is 13.8. The Kier molecular flexibility index (Phi) is 4.48. The average Bonchev–Trinajstić information content (AvgIpc) is 2.42. The zero-order valence-corrected chi connectivity index (χ0v) is 11.0. The van der Waals surface area contributed by atoms with Gasteiger partial charge in [0.05, 0.1) is 11.3 Å². The number of hydrogen-bond donors (Lipinski definition) is 0. The van der Waals surface area contributed by atoms with Crippen molar-refractivity contribution in [2.24, 2.45) is 0 Å². The molecule has 1 aliphatic carbocycles. The zero-order valence-electron chi connectivity index (χ0n) is 10.2. The van der Waals surface area contributed by atoms with Crippen LogP contribution in [0.2, 0.25) is 0 Å². The molecule has 2 nitrogen and oxygen atoms in total. The predicted molar refractivity (Wildman–Crippen MR) is 69.8 cm³/mol. The SMILES string of the molecule is N#Cc1cccc(CS(=O)C2CCCCC2)c1F. The van der Waals surface area contributed by atoms with Crippen LogP contribution in [-0.2, 0) is 16.6 Å². The first-order valence-electron chi connectivity index (χ1n) is 6.27. The van der Waals surface area contributed by atoms with Gasteiger partial charge in [-0.3, -0.25) is 4.21 Å². The molecule has 0 bridgehead atoms. The summed E-state index contributed by atoms with van der Waals surface area (Å²) in [5, 5.41) is 8.96. The third-order valence-corrected chi connectivity index (χ3v) is 5.23. The van der Waals surface area contributed by atoms with E-state index < -0.39 is 16.6 Å². The molecule has 0 saturated heterocycles. The first kappa shape index (κ1) is 13.2. The highest BCUT2D eigenvalue weighted by atomic mass is 32.2. The highest BCUT2D eigenvalue weighted by Gasteiger charge is 2.21. The molecule has 0 radical (unpaired) electrons. The molecule has 96 valence electrons. The molecule has 0 aliphatic heterocycles. The third-order valence-electron chi connectivity index (χ3n) is 3.42. The van der Waals surface area contributed by atoms with Crippen molar-refractivity contribution in [3.05, 3.63) is 35.1 Å². The Bertz CT molecular complexity index is 489. The molecule has 0 amide bonds. The molecule has 0 N–H and O–H groups in total. The van der Waals surface area contributed by atoms with Gasteiger partial charge in [-0.15, -0.1) is 0 Å². The van der Waals surface area contributed by atoms with Crippen LogP contribution in [0.3, 0.4) is 0 Å². The number of nitrogens with zero attached hydrogens (tertiary/aromatic N) is 1. The third kappa shape index (κ3) is 2.97. The highest BCUT2D eigenvalue weighted by molar-refractivity contribution is 7.84. The van der Waals surface area contributed by atoms with E-state index in [1.165, 1.54) is 12.5 Å². The number of halogens is 1. The first-order valence-corrected chi connectivity index (χ1v) is 7.65. The Morgan fingerprint density at radius 1 is 1.33 bits per heavy atom. The molecule has 1 aromatic carbocycles. The standard InChI is InChI=1S/C14H16FNOS/c15-14-11(9-16)5-4-6-12(14)10-18(17)13-7-2-1-3-8-13/h4-6,13H,1-3,7-8,10H2. The van der Waals surface area contributed by atoms with Gasteiger partial charge in [-0.2, -0.15) is 5.26 Å². The smallest absolute Gasteiger partial charge is 0.145 e. The van der Waals surface area contributed by atoms with Crippen LogP contribution in [0.1, 0.15) is 43.2 Å². The van der Waals surface area contributed by atoms with E-state index in [2.05, 4.69) is 0 Å². The molecule has 1 aromatic rings. The summed E-state index contributed by atoms with van der Waals surface area (Å²) < 4.78 is 26.0. The van der Waals surface area contributed by atoms with Crippen molar-refractivity contribution < 1.29 is 8.60 Å². The lowest BCUT2D eigenvalue weighted by atomic mass is 10.0. The molecule has 2 rings (SSSR count). The predicted octanol–water partition coefficient (Wildman–Crippen LogP) is 3.28. The van der Waals surface area contributed by atoms with Crippen molar-refractivity contribution in [1.82, 2.24) is 0 Å². The van der Waals surface area contributed by atoms with E-state index in [9.17, 15) is 8.60 Å². The summed E-state index contributed by atoms with van der Waals surface area (Å²) >= 11 is 0. The average molecular weight is 265 g/mol. The number of hydrogen-bond acceptors (Lipinski definition) is 2. The minimum atomic E-state index is -1.03. The summed E-state index contributed by atoms with van der Waals surface area (Å²) in [6.45, 7) is 0. The van der Waals surface area contributed by atoms with Crippen LogP contribution in [-0.4, -0.2) is 9.46 Å². The number of benzene rings is 1. The second-order valence-corrected chi connectivity index (χ2v) is 6.39. The molecule has 0 heterocycles. The first-order chi connectivity index (χ1) is 8.72. The lowest BCUT2D eigenvalue weighted by Crippen LogP contribution is -2.20. The van der Waals surface area contributed by atoms with E-state index in [1.807, 2.05) is 6.07 Å². The fraction of sp³-hybridized carbons (Fsp3) is 0.500. The van der Waals surface area contributed by atoms with Crippen LogP contribution >= 0.6 is 0 Å². The van der Waals surface area contributed by atoms with E-state index in [1.54, 1.807) is 12.1 Å². The van der Waals surface area contributed by atoms with Gasteiger partial charge in [-0.1, -0.05) is 31.4 Å². The minimum Gasteiger partial charge on any atom is -0.259 e. The Balaban J connectivity index is 2.09. The van der Waals surface area contributed by atoms with Gasteiger partial charge in [-0.05, 0) is 18.9 Å². The topological polar surface area (TPSA) is 40.9 Å². The van der Waals surface area contributed by atoms with Gasteiger partial charge in [0.1, 0.15) is 11.9 Å². The number of nitriles is 1. The van der Waals surface area contributed by atoms with Crippen molar-refractivity contribution in [3.8, 4) is 6.07 Å². The fourth-order valence-corrected chi connectivity index (χ4v) is 4.00. The van der Waals surface area contributed by atoms with Gasteiger partial charge in [0.25, 0.3) is 0 Å². The molecule has 1 saturated carbocycles. The summed E-state index contributed by atoms with van der Waals surface area (Å²) in [7, 11) is -1.03. The summed E-state index contributed by atoms with van der Waals surface area (Å²) in [6.07, 6.45) is 5.42. The van der Waals surface area contributed by atoms with Crippen LogP contribution in [0.4, 0.5) is 4.39 Å². The van der Waals surface area contributed by atoms with E-state index in [4.69, 9.17) is 5.26 Å². The normalized spacial score (nSPS) is 18.2. The molecule has 0 aromatic heterocycles. The van der Waals surface area contributed by atoms with Gasteiger partial charge < -0.3 is 0 Å². The lowest BCUT2D eigenvalue weighted by Gasteiger charge is -2.21. The molecule has 1 aliphatic rings. The molecule has 4 heteroatoms. The van der Waals surface area contributed by atoms with Crippen molar-refractivity contribution in [2.75, 3.05) is 0 Å². The summed E-state index contributed by atoms with van der Waals surface area (Å²) in [6, 6.07) is 6.53. The molecule has 1 atom stereocenters. The second-order valence-electron chi connectivity index (χ2n) is 4.68. The lowest BCUT2D eigenvalue weighted by molar-refractivity contribution is 0.504. The van der Waals surface area contributed by atoms with E-state index in [-0.39, 0.29) is 16.6 Å². The maximum Gasteiger partial charge on any atom is 0.145 e. The van der Waals surface area contributed by atoms with E-state index in [0.29, 0.717) is 5.56 Å². The van der Waals surface area contributed by atoms with E-state index in [0.717, 1.165) is 25.7 Å². The van der Waals surface area contributed by atoms with Gasteiger partial charge in [0.2, 0.25) is 0 Å². The molecule has 1 unspecified atom stereocenters. The quantitative estimate of drug-likeness (QED) is 0.841. The second kappa shape index (κ2) is 6.10. The summed E-state index contributed by atoms with van der Waals surface area (Å²) in [5.41, 5.74) is 0.436. The van der Waals surface area contributed by atoms with Crippen LogP contribution in [0.15, 0.2) is 18.2 Å². The van der Waals surface area contributed by atoms with Gasteiger partial charge in [0.15, 0.2) is 0 Å². The van der Waals surface area contributed by atoms with Crippen molar-refractivity contribution in [2.45, 2.75) is 43.1 Å². The Morgan fingerprint density at radius 2 is 2.06 bits per heavy atom. The maximum atomic E-state index is 13.8. The monoisotopic (exact) mass is 265 g/mol. The molecule has 1 fully saturated rings. The fourth-order valence-electron chi connectivity index (χ4n) is 2.38. The molecule has 18 heavy (non-hydrogen) atoms. The van der Waals surface area contributed by atoms with Gasteiger partial charge in [-0.25, -0.2) is 4.39 Å². The zero-order chi connectivity index (χ0) is 13.0.